The third kappa shape index (κ3) is 3.62. The number of carbonyl (C=O) groups excluding carboxylic acids is 1. The monoisotopic (exact) mass is 348 g/mol. The second-order valence-corrected chi connectivity index (χ2v) is 6.34. The van der Waals surface area contributed by atoms with Gasteiger partial charge in [0.15, 0.2) is 0 Å². The molecule has 0 aliphatic carbocycles. The molecular weight excluding hydrogens is 324 g/mol. The first-order valence-corrected chi connectivity index (χ1v) is 8.17. The number of nitrogens with one attached hydrogen (secondary N) is 2. The molecule has 24 heavy (non-hydrogen) atoms. The Morgan fingerprint density at radius 2 is 2.08 bits per heavy atom. The van der Waals surface area contributed by atoms with Gasteiger partial charge in [0.2, 0.25) is 5.91 Å². The van der Waals surface area contributed by atoms with Crippen molar-refractivity contribution in [3.8, 4) is 0 Å². The molecule has 3 rings (SSSR count). The molecule has 130 valence electrons. The zero-order valence-corrected chi connectivity index (χ0v) is 15.0. The number of carbonyl (C=O) groups is 1. The van der Waals surface area contributed by atoms with Gasteiger partial charge in [0, 0.05) is 18.9 Å². The summed E-state index contributed by atoms with van der Waals surface area (Å²) in [6, 6.07) is 8.20. The average molecular weight is 349 g/mol. The molecule has 1 fully saturated rings. The summed E-state index contributed by atoms with van der Waals surface area (Å²) in [4.78, 5) is 13.0. The number of hydrogen-bond donors (Lipinski definition) is 2. The number of amides is 1. The smallest absolute Gasteiger partial charge is 0.248 e. The van der Waals surface area contributed by atoms with Crippen molar-refractivity contribution < 1.29 is 4.79 Å². The maximum absolute atomic E-state index is 13.0. The molecule has 2 aromatic rings. The molecule has 1 aromatic carbocycles. The van der Waals surface area contributed by atoms with Crippen LogP contribution in [0.3, 0.4) is 0 Å². The Hall–Kier alpha value is -1.85. The van der Waals surface area contributed by atoms with Crippen molar-refractivity contribution in [2.75, 3.05) is 13.1 Å². The SMILES string of the molecule is Cc1ccc(CNC(=O)C2(n3cccn3)CCNCC2)c(C)c1.Cl. The van der Waals surface area contributed by atoms with Crippen molar-refractivity contribution in [3.05, 3.63) is 53.3 Å². The van der Waals surface area contributed by atoms with Crippen LogP contribution in [-0.2, 0) is 16.9 Å². The number of benzene rings is 1. The highest BCUT2D eigenvalue weighted by Crippen LogP contribution is 2.27. The molecule has 2 heterocycles. The molecule has 0 radical (unpaired) electrons. The lowest BCUT2D eigenvalue weighted by molar-refractivity contribution is -0.132. The second-order valence-electron chi connectivity index (χ2n) is 6.34. The molecule has 0 bridgehead atoms. The molecule has 0 unspecified atom stereocenters. The molecule has 1 aromatic heterocycles. The lowest BCUT2D eigenvalue weighted by Crippen LogP contribution is -2.54. The summed E-state index contributed by atoms with van der Waals surface area (Å²) in [7, 11) is 0. The molecule has 1 aliphatic rings. The summed E-state index contributed by atoms with van der Waals surface area (Å²) < 4.78 is 1.82. The van der Waals surface area contributed by atoms with Gasteiger partial charge in [-0.15, -0.1) is 12.4 Å². The number of piperidine rings is 1. The van der Waals surface area contributed by atoms with Crippen LogP contribution in [0.1, 0.15) is 29.5 Å². The van der Waals surface area contributed by atoms with Crippen LogP contribution < -0.4 is 10.6 Å². The predicted octanol–water partition coefficient (Wildman–Crippen LogP) is 2.32. The van der Waals surface area contributed by atoms with Gasteiger partial charge in [-0.1, -0.05) is 23.8 Å². The molecule has 6 heteroatoms. The van der Waals surface area contributed by atoms with Crippen LogP contribution in [-0.4, -0.2) is 28.8 Å². The van der Waals surface area contributed by atoms with E-state index >= 15 is 0 Å². The molecule has 5 nitrogen and oxygen atoms in total. The van der Waals surface area contributed by atoms with Crippen molar-refractivity contribution in [2.45, 2.75) is 38.8 Å². The quantitative estimate of drug-likeness (QED) is 0.891. The van der Waals surface area contributed by atoms with Crippen molar-refractivity contribution in [1.82, 2.24) is 20.4 Å². The highest BCUT2D eigenvalue weighted by Gasteiger charge is 2.41. The molecule has 1 aliphatic heterocycles. The van der Waals surface area contributed by atoms with Crippen LogP contribution in [0.2, 0.25) is 0 Å². The average Bonchev–Trinajstić information content (AvgIpc) is 3.09. The molecule has 1 amide bonds. The Morgan fingerprint density at radius 1 is 1.33 bits per heavy atom. The third-order valence-corrected chi connectivity index (χ3v) is 4.73. The number of aromatic nitrogens is 2. The Kier molecular flexibility index (Phi) is 6.02. The van der Waals surface area contributed by atoms with E-state index in [2.05, 4.69) is 47.8 Å². The number of aryl methyl sites for hydroxylation is 2. The highest BCUT2D eigenvalue weighted by molar-refractivity contribution is 5.85. The Labute approximate surface area is 149 Å². The van der Waals surface area contributed by atoms with Crippen LogP contribution >= 0.6 is 12.4 Å². The summed E-state index contributed by atoms with van der Waals surface area (Å²) in [6.07, 6.45) is 5.14. The minimum atomic E-state index is -0.576. The van der Waals surface area contributed by atoms with Gasteiger partial charge in [0.05, 0.1) is 0 Å². The van der Waals surface area contributed by atoms with E-state index in [4.69, 9.17) is 0 Å². The minimum absolute atomic E-state index is 0. The summed E-state index contributed by atoms with van der Waals surface area (Å²) in [5, 5.41) is 10.8. The first-order chi connectivity index (χ1) is 11.1. The first kappa shape index (κ1) is 18.5. The summed E-state index contributed by atoms with van der Waals surface area (Å²) in [5.41, 5.74) is 3.04. The van der Waals surface area contributed by atoms with Crippen molar-refractivity contribution in [3.63, 3.8) is 0 Å². The lowest BCUT2D eigenvalue weighted by Gasteiger charge is -2.36. The van der Waals surface area contributed by atoms with E-state index in [1.807, 2.05) is 16.9 Å². The summed E-state index contributed by atoms with van der Waals surface area (Å²) in [6.45, 7) is 6.38. The summed E-state index contributed by atoms with van der Waals surface area (Å²) >= 11 is 0. The second kappa shape index (κ2) is 7.81. The van der Waals surface area contributed by atoms with Gasteiger partial charge >= 0.3 is 0 Å². The van der Waals surface area contributed by atoms with Gasteiger partial charge < -0.3 is 10.6 Å². The number of halogens is 1. The fourth-order valence-corrected chi connectivity index (χ4v) is 3.31. The first-order valence-electron chi connectivity index (χ1n) is 8.17. The zero-order valence-electron chi connectivity index (χ0n) is 14.2. The van der Waals surface area contributed by atoms with Gasteiger partial charge in [-0.2, -0.15) is 5.10 Å². The Balaban J connectivity index is 0.00000208. The maximum Gasteiger partial charge on any atom is 0.248 e. The number of rotatable bonds is 4. The predicted molar refractivity (Wildman–Crippen MR) is 97.3 cm³/mol. The third-order valence-electron chi connectivity index (χ3n) is 4.73. The van der Waals surface area contributed by atoms with Crippen LogP contribution in [0.4, 0.5) is 0 Å². The maximum atomic E-state index is 13.0. The normalized spacial score (nSPS) is 16.2. The van der Waals surface area contributed by atoms with Crippen molar-refractivity contribution in [2.24, 2.45) is 0 Å². The fourth-order valence-electron chi connectivity index (χ4n) is 3.31. The molecule has 2 N–H and O–H groups in total. The number of nitrogens with zero attached hydrogens (tertiary/aromatic N) is 2. The van der Waals surface area contributed by atoms with Crippen LogP contribution in [0, 0.1) is 13.8 Å². The van der Waals surface area contributed by atoms with Gasteiger partial charge in [-0.3, -0.25) is 9.48 Å². The largest absolute Gasteiger partial charge is 0.350 e. The van der Waals surface area contributed by atoms with E-state index in [1.54, 1.807) is 6.20 Å². The molecular formula is C18H25ClN4O. The highest BCUT2D eigenvalue weighted by atomic mass is 35.5. The summed E-state index contributed by atoms with van der Waals surface area (Å²) in [5.74, 6) is 0.0580. The van der Waals surface area contributed by atoms with E-state index in [9.17, 15) is 4.79 Å². The molecule has 0 atom stereocenters. The molecule has 1 saturated heterocycles. The van der Waals surface area contributed by atoms with Gasteiger partial charge in [-0.25, -0.2) is 0 Å². The van der Waals surface area contributed by atoms with E-state index in [-0.39, 0.29) is 18.3 Å². The van der Waals surface area contributed by atoms with Crippen LogP contribution in [0.5, 0.6) is 0 Å². The standard InChI is InChI=1S/C18H24N4O.ClH/c1-14-4-5-16(15(2)12-14)13-20-17(23)18(6-9-19-10-7-18)22-11-3-8-21-22;/h3-5,8,11-12,19H,6-7,9-10,13H2,1-2H3,(H,20,23);1H. The number of hydrogen-bond acceptors (Lipinski definition) is 3. The molecule has 0 saturated carbocycles. The van der Waals surface area contributed by atoms with Gasteiger partial charge in [0.25, 0.3) is 0 Å². The Bertz CT molecular complexity index is 678. The van der Waals surface area contributed by atoms with Crippen molar-refractivity contribution in [1.29, 1.82) is 0 Å². The molecule has 0 spiro atoms. The van der Waals surface area contributed by atoms with E-state index in [0.29, 0.717) is 6.54 Å². The van der Waals surface area contributed by atoms with Crippen LogP contribution in [0.15, 0.2) is 36.7 Å². The Morgan fingerprint density at radius 3 is 2.71 bits per heavy atom. The topological polar surface area (TPSA) is 59.0 Å². The van der Waals surface area contributed by atoms with Crippen LogP contribution in [0.25, 0.3) is 0 Å². The van der Waals surface area contributed by atoms with E-state index in [1.165, 1.54) is 11.1 Å². The lowest BCUT2D eigenvalue weighted by atomic mass is 9.87. The van der Waals surface area contributed by atoms with Crippen molar-refractivity contribution >= 4 is 18.3 Å². The minimum Gasteiger partial charge on any atom is -0.350 e. The van der Waals surface area contributed by atoms with E-state index < -0.39 is 5.54 Å². The van der Waals surface area contributed by atoms with E-state index in [0.717, 1.165) is 31.5 Å². The fraction of sp³-hybridized carbons (Fsp3) is 0.444. The van der Waals surface area contributed by atoms with Gasteiger partial charge in [0.1, 0.15) is 5.54 Å². The zero-order chi connectivity index (χ0) is 16.3. The van der Waals surface area contributed by atoms with Gasteiger partial charge in [-0.05, 0) is 57.0 Å².